The van der Waals surface area contributed by atoms with Crippen LogP contribution in [0.3, 0.4) is 0 Å². The molecule has 0 aromatic carbocycles. The summed E-state index contributed by atoms with van der Waals surface area (Å²) in [4.78, 5) is 14.4. The lowest BCUT2D eigenvalue weighted by atomic mass is 9.97. The number of hydrogen-bond acceptors (Lipinski definition) is 4. The smallest absolute Gasteiger partial charge is 0.326 e. The van der Waals surface area contributed by atoms with Crippen LogP contribution in [0.1, 0.15) is 48.0 Å². The van der Waals surface area contributed by atoms with Gasteiger partial charge in [0.25, 0.3) is 0 Å². The van der Waals surface area contributed by atoms with Crippen molar-refractivity contribution in [2.45, 2.75) is 59.5 Å². The molecule has 0 bridgehead atoms. The summed E-state index contributed by atoms with van der Waals surface area (Å²) in [5, 5.41) is 3.11. The van der Waals surface area contributed by atoms with Gasteiger partial charge >= 0.3 is 5.97 Å². The lowest BCUT2D eigenvalue weighted by Crippen LogP contribution is -2.51. The standard InChI is InChI=1S/C15H32N2O2/c1-8-19-14(18)15(6,16-7)9-10-17(13(4)5)11-12(2)3/h12-13,16H,8-11H2,1-7H3. The Hall–Kier alpha value is -0.610. The van der Waals surface area contributed by atoms with Gasteiger partial charge in [0.2, 0.25) is 0 Å². The maximum Gasteiger partial charge on any atom is 0.326 e. The minimum Gasteiger partial charge on any atom is -0.465 e. The van der Waals surface area contributed by atoms with Crippen LogP contribution in [-0.4, -0.2) is 49.2 Å². The van der Waals surface area contributed by atoms with Gasteiger partial charge in [-0.1, -0.05) is 13.8 Å². The lowest BCUT2D eigenvalue weighted by molar-refractivity contribution is -0.150. The van der Waals surface area contributed by atoms with Gasteiger partial charge in [0.1, 0.15) is 5.54 Å². The maximum absolute atomic E-state index is 12.0. The molecule has 0 fully saturated rings. The first kappa shape index (κ1) is 18.4. The van der Waals surface area contributed by atoms with Crippen LogP contribution in [-0.2, 0) is 9.53 Å². The Balaban J connectivity index is 4.56. The minimum atomic E-state index is -0.597. The zero-order valence-corrected chi connectivity index (χ0v) is 13.7. The van der Waals surface area contributed by atoms with Crippen molar-refractivity contribution < 1.29 is 9.53 Å². The average molecular weight is 272 g/mol. The molecular formula is C15H32N2O2. The maximum atomic E-state index is 12.0. The number of carbonyl (C=O) groups is 1. The molecular weight excluding hydrogens is 240 g/mol. The molecule has 0 aliphatic rings. The van der Waals surface area contributed by atoms with E-state index in [9.17, 15) is 4.79 Å². The fourth-order valence-electron chi connectivity index (χ4n) is 2.02. The highest BCUT2D eigenvalue weighted by molar-refractivity contribution is 5.80. The number of rotatable bonds is 9. The second kappa shape index (κ2) is 8.54. The van der Waals surface area contributed by atoms with Gasteiger partial charge in [0.05, 0.1) is 6.61 Å². The second-order valence-corrected chi connectivity index (χ2v) is 6.04. The highest BCUT2D eigenvalue weighted by Crippen LogP contribution is 2.15. The van der Waals surface area contributed by atoms with Crippen molar-refractivity contribution in [3.63, 3.8) is 0 Å². The van der Waals surface area contributed by atoms with Crippen molar-refractivity contribution in [2.24, 2.45) is 5.92 Å². The van der Waals surface area contributed by atoms with E-state index in [1.54, 1.807) is 0 Å². The number of carbonyl (C=O) groups excluding carboxylic acids is 1. The molecule has 4 heteroatoms. The summed E-state index contributed by atoms with van der Waals surface area (Å²) in [6.45, 7) is 15.0. The Morgan fingerprint density at radius 1 is 1.32 bits per heavy atom. The van der Waals surface area contributed by atoms with Gasteiger partial charge in [-0.2, -0.15) is 0 Å². The van der Waals surface area contributed by atoms with Gasteiger partial charge in [0.15, 0.2) is 0 Å². The topological polar surface area (TPSA) is 41.6 Å². The Morgan fingerprint density at radius 2 is 1.89 bits per heavy atom. The molecule has 0 radical (unpaired) electrons. The van der Waals surface area contributed by atoms with Crippen LogP contribution in [0.2, 0.25) is 0 Å². The van der Waals surface area contributed by atoms with E-state index >= 15 is 0 Å². The summed E-state index contributed by atoms with van der Waals surface area (Å²) in [7, 11) is 1.82. The monoisotopic (exact) mass is 272 g/mol. The molecule has 1 unspecified atom stereocenters. The van der Waals surface area contributed by atoms with E-state index in [0.29, 0.717) is 18.6 Å². The SMILES string of the molecule is CCOC(=O)C(C)(CCN(CC(C)C)C(C)C)NC. The van der Waals surface area contributed by atoms with Crippen molar-refractivity contribution in [3.05, 3.63) is 0 Å². The molecule has 0 spiro atoms. The van der Waals surface area contributed by atoms with Gasteiger partial charge in [0, 0.05) is 19.1 Å². The van der Waals surface area contributed by atoms with Crippen LogP contribution < -0.4 is 5.32 Å². The van der Waals surface area contributed by atoms with Gasteiger partial charge in [-0.15, -0.1) is 0 Å². The summed E-state index contributed by atoms with van der Waals surface area (Å²) in [6, 6.07) is 0.491. The van der Waals surface area contributed by atoms with E-state index in [1.807, 2.05) is 20.9 Å². The molecule has 4 nitrogen and oxygen atoms in total. The van der Waals surface area contributed by atoms with Gasteiger partial charge in [-0.3, -0.25) is 4.79 Å². The summed E-state index contributed by atoms with van der Waals surface area (Å²) in [6.07, 6.45) is 0.757. The first-order valence-corrected chi connectivity index (χ1v) is 7.37. The highest BCUT2D eigenvalue weighted by Gasteiger charge is 2.33. The van der Waals surface area contributed by atoms with Gasteiger partial charge in [-0.25, -0.2) is 0 Å². The minimum absolute atomic E-state index is 0.161. The molecule has 0 saturated carbocycles. The molecule has 0 rings (SSSR count). The first-order chi connectivity index (χ1) is 8.76. The molecule has 0 heterocycles. The number of hydrogen-bond donors (Lipinski definition) is 1. The van der Waals surface area contributed by atoms with Gasteiger partial charge < -0.3 is 15.0 Å². The van der Waals surface area contributed by atoms with Crippen molar-refractivity contribution in [2.75, 3.05) is 26.7 Å². The van der Waals surface area contributed by atoms with E-state index in [2.05, 4.69) is 37.9 Å². The first-order valence-electron chi connectivity index (χ1n) is 7.37. The van der Waals surface area contributed by atoms with Crippen LogP contribution in [0.4, 0.5) is 0 Å². The summed E-state index contributed by atoms with van der Waals surface area (Å²) in [5.74, 6) is 0.469. The molecule has 19 heavy (non-hydrogen) atoms. The number of nitrogens with zero attached hydrogens (tertiary/aromatic N) is 1. The zero-order chi connectivity index (χ0) is 15.1. The Bertz CT molecular complexity index is 267. The largest absolute Gasteiger partial charge is 0.465 e. The molecule has 0 aromatic rings. The second-order valence-electron chi connectivity index (χ2n) is 6.04. The number of esters is 1. The van der Waals surface area contributed by atoms with Crippen LogP contribution in [0, 0.1) is 5.92 Å². The van der Waals surface area contributed by atoms with Crippen molar-refractivity contribution >= 4 is 5.97 Å². The molecule has 0 amide bonds. The number of likely N-dealkylation sites (N-methyl/N-ethyl adjacent to an activating group) is 1. The van der Waals surface area contributed by atoms with E-state index in [-0.39, 0.29) is 5.97 Å². The normalized spacial score (nSPS) is 15.1. The number of nitrogens with one attached hydrogen (secondary N) is 1. The third kappa shape index (κ3) is 6.39. The third-order valence-corrected chi connectivity index (χ3v) is 3.51. The van der Waals surface area contributed by atoms with Crippen LogP contribution >= 0.6 is 0 Å². The van der Waals surface area contributed by atoms with Crippen molar-refractivity contribution in [3.8, 4) is 0 Å². The van der Waals surface area contributed by atoms with Crippen molar-refractivity contribution in [1.82, 2.24) is 10.2 Å². The van der Waals surface area contributed by atoms with Crippen LogP contribution in [0.5, 0.6) is 0 Å². The van der Waals surface area contributed by atoms with E-state index in [4.69, 9.17) is 4.74 Å². The number of ether oxygens (including phenoxy) is 1. The lowest BCUT2D eigenvalue weighted by Gasteiger charge is -2.33. The Morgan fingerprint density at radius 3 is 2.26 bits per heavy atom. The summed E-state index contributed by atoms with van der Waals surface area (Å²) in [5.41, 5.74) is -0.597. The molecule has 0 aliphatic carbocycles. The van der Waals surface area contributed by atoms with Crippen LogP contribution in [0.15, 0.2) is 0 Å². The van der Waals surface area contributed by atoms with E-state index < -0.39 is 5.54 Å². The fourth-order valence-corrected chi connectivity index (χ4v) is 2.02. The Labute approximate surface area is 118 Å². The van der Waals surface area contributed by atoms with Crippen LogP contribution in [0.25, 0.3) is 0 Å². The molecule has 1 atom stereocenters. The predicted octanol–water partition coefficient (Wildman–Crippen LogP) is 2.28. The van der Waals surface area contributed by atoms with Gasteiger partial charge in [-0.05, 0) is 47.1 Å². The molecule has 114 valence electrons. The fraction of sp³-hybridized carbons (Fsp3) is 0.933. The summed E-state index contributed by atoms with van der Waals surface area (Å²) >= 11 is 0. The Kier molecular flexibility index (Phi) is 8.26. The molecule has 1 N–H and O–H groups in total. The summed E-state index contributed by atoms with van der Waals surface area (Å²) < 4.78 is 5.15. The third-order valence-electron chi connectivity index (χ3n) is 3.51. The average Bonchev–Trinajstić information content (AvgIpc) is 2.33. The highest BCUT2D eigenvalue weighted by atomic mass is 16.5. The van der Waals surface area contributed by atoms with E-state index in [1.165, 1.54) is 0 Å². The molecule has 0 saturated heterocycles. The quantitative estimate of drug-likeness (QED) is 0.654. The van der Waals surface area contributed by atoms with Crippen molar-refractivity contribution in [1.29, 1.82) is 0 Å². The molecule has 0 aromatic heterocycles. The predicted molar refractivity (Wildman–Crippen MR) is 80.3 cm³/mol. The van der Waals surface area contributed by atoms with E-state index in [0.717, 1.165) is 19.5 Å². The molecule has 0 aliphatic heterocycles. The zero-order valence-electron chi connectivity index (χ0n) is 13.7.